The number of carbonyl (C=O) groups is 1. The average Bonchev–Trinajstić information content (AvgIpc) is 2.69. The van der Waals surface area contributed by atoms with E-state index in [2.05, 4.69) is 19.4 Å². The van der Waals surface area contributed by atoms with Crippen LogP contribution in [0.5, 0.6) is 0 Å². The number of nitrogens with one attached hydrogen (secondary N) is 1. The van der Waals surface area contributed by atoms with Gasteiger partial charge in [0.2, 0.25) is 15.9 Å². The minimum atomic E-state index is -3.85. The molecule has 0 bridgehead atoms. The van der Waals surface area contributed by atoms with Crippen molar-refractivity contribution in [3.05, 3.63) is 12.2 Å². The highest BCUT2D eigenvalue weighted by Gasteiger charge is 2.26. The summed E-state index contributed by atoms with van der Waals surface area (Å²) < 4.78 is 29.5. The maximum absolute atomic E-state index is 11.3. The number of sulfonamides is 1. The topological polar surface area (TPSA) is 122 Å². The highest BCUT2D eigenvalue weighted by Crippen LogP contribution is 1.99. The van der Waals surface area contributed by atoms with Crippen LogP contribution in [0.3, 0.4) is 0 Å². The Bertz CT molecular complexity index is 441. The molecule has 2 N–H and O–H groups in total. The molecule has 0 fully saturated rings. The standard InChI is InChI=1S/C7H11N3O5S/c1-5(7(11)12)16(13,14)10-3-2-6-8-4-9-15-6/h4-5,10H,2-3H2,1H3,(H,11,12). The number of nitrogens with zero attached hydrogens (tertiary/aromatic N) is 2. The van der Waals surface area contributed by atoms with Gasteiger partial charge in [-0.1, -0.05) is 5.16 Å². The van der Waals surface area contributed by atoms with Gasteiger partial charge in [0.25, 0.3) is 0 Å². The van der Waals surface area contributed by atoms with E-state index in [4.69, 9.17) is 5.11 Å². The highest BCUT2D eigenvalue weighted by atomic mass is 32.2. The fourth-order valence-corrected chi connectivity index (χ4v) is 1.77. The van der Waals surface area contributed by atoms with Crippen LogP contribution in [0.15, 0.2) is 10.9 Å². The zero-order valence-corrected chi connectivity index (χ0v) is 9.27. The third-order valence-electron chi connectivity index (χ3n) is 1.86. The molecule has 1 unspecified atom stereocenters. The molecule has 9 heteroatoms. The first-order valence-electron chi connectivity index (χ1n) is 4.40. The fourth-order valence-electron chi connectivity index (χ4n) is 0.864. The fraction of sp³-hybridized carbons (Fsp3) is 0.571. The van der Waals surface area contributed by atoms with Gasteiger partial charge >= 0.3 is 5.97 Å². The van der Waals surface area contributed by atoms with Gasteiger partial charge in [0.15, 0.2) is 11.6 Å². The van der Waals surface area contributed by atoms with E-state index in [1.807, 2.05) is 0 Å². The Morgan fingerprint density at radius 1 is 1.69 bits per heavy atom. The van der Waals surface area contributed by atoms with E-state index in [0.717, 1.165) is 6.92 Å². The van der Waals surface area contributed by atoms with Gasteiger partial charge in [-0.2, -0.15) is 4.98 Å². The number of aromatic nitrogens is 2. The third-order valence-corrected chi connectivity index (χ3v) is 3.60. The smallest absolute Gasteiger partial charge is 0.323 e. The van der Waals surface area contributed by atoms with Crippen molar-refractivity contribution in [2.45, 2.75) is 18.6 Å². The van der Waals surface area contributed by atoms with E-state index in [-0.39, 0.29) is 18.9 Å². The summed E-state index contributed by atoms with van der Waals surface area (Å²) in [6.07, 6.45) is 1.41. The molecular formula is C7H11N3O5S. The van der Waals surface area contributed by atoms with Crippen molar-refractivity contribution in [1.82, 2.24) is 14.9 Å². The van der Waals surface area contributed by atoms with Gasteiger partial charge in [-0.25, -0.2) is 13.1 Å². The molecule has 1 aromatic heterocycles. The second-order valence-electron chi connectivity index (χ2n) is 3.00. The van der Waals surface area contributed by atoms with E-state index in [1.165, 1.54) is 6.33 Å². The molecule has 0 spiro atoms. The first kappa shape index (κ1) is 12.6. The predicted octanol–water partition coefficient (Wildman–Crippen LogP) is -0.995. The Morgan fingerprint density at radius 3 is 2.88 bits per heavy atom. The van der Waals surface area contributed by atoms with Gasteiger partial charge < -0.3 is 9.63 Å². The molecule has 0 aliphatic rings. The number of hydrogen-bond acceptors (Lipinski definition) is 6. The Balaban J connectivity index is 2.46. The molecule has 0 saturated heterocycles. The van der Waals surface area contributed by atoms with Gasteiger partial charge in [0.05, 0.1) is 0 Å². The van der Waals surface area contributed by atoms with Gasteiger partial charge in [-0.3, -0.25) is 4.79 Å². The van der Waals surface area contributed by atoms with Crippen LogP contribution in [0, 0.1) is 0 Å². The zero-order chi connectivity index (χ0) is 12.2. The van der Waals surface area contributed by atoms with Crippen LogP contribution in [0.25, 0.3) is 0 Å². The first-order valence-corrected chi connectivity index (χ1v) is 5.95. The molecule has 1 rings (SSSR count). The minimum absolute atomic E-state index is 0.0160. The second-order valence-corrected chi connectivity index (χ2v) is 5.09. The van der Waals surface area contributed by atoms with Gasteiger partial charge in [0.1, 0.15) is 0 Å². The van der Waals surface area contributed by atoms with Gasteiger partial charge in [-0.15, -0.1) is 0 Å². The highest BCUT2D eigenvalue weighted by molar-refractivity contribution is 7.90. The molecule has 0 amide bonds. The van der Waals surface area contributed by atoms with Crippen LogP contribution in [-0.4, -0.2) is 41.4 Å². The summed E-state index contributed by atoms with van der Waals surface area (Å²) in [5.41, 5.74) is 0. The molecule has 16 heavy (non-hydrogen) atoms. The van der Waals surface area contributed by atoms with Crippen LogP contribution < -0.4 is 4.72 Å². The maximum Gasteiger partial charge on any atom is 0.323 e. The molecule has 1 atom stereocenters. The van der Waals surface area contributed by atoms with Crippen molar-refractivity contribution in [1.29, 1.82) is 0 Å². The maximum atomic E-state index is 11.3. The largest absolute Gasteiger partial charge is 0.480 e. The minimum Gasteiger partial charge on any atom is -0.480 e. The van der Waals surface area contributed by atoms with Crippen LogP contribution in [0.1, 0.15) is 12.8 Å². The normalized spacial score (nSPS) is 13.6. The molecule has 0 aliphatic carbocycles. The van der Waals surface area contributed by atoms with Crippen molar-refractivity contribution >= 4 is 16.0 Å². The lowest BCUT2D eigenvalue weighted by Crippen LogP contribution is -2.38. The summed E-state index contributed by atoms with van der Waals surface area (Å²) in [4.78, 5) is 14.2. The Kier molecular flexibility index (Phi) is 3.96. The predicted molar refractivity (Wildman–Crippen MR) is 52.0 cm³/mol. The average molecular weight is 249 g/mol. The summed E-state index contributed by atoms with van der Waals surface area (Å²) in [7, 11) is -3.85. The Hall–Kier alpha value is -1.48. The SMILES string of the molecule is CC(C(=O)O)S(=O)(=O)NCCc1ncno1. The van der Waals surface area contributed by atoms with Crippen LogP contribution in [-0.2, 0) is 21.2 Å². The Morgan fingerprint density at radius 2 is 2.38 bits per heavy atom. The quantitative estimate of drug-likeness (QED) is 0.663. The first-order chi connectivity index (χ1) is 7.43. The van der Waals surface area contributed by atoms with Crippen molar-refractivity contribution in [2.75, 3.05) is 6.54 Å². The summed E-state index contributed by atoms with van der Waals surface area (Å²) in [6.45, 7) is 1.11. The molecule has 90 valence electrons. The lowest BCUT2D eigenvalue weighted by atomic mass is 10.4. The summed E-state index contributed by atoms with van der Waals surface area (Å²) in [5, 5.41) is 10.4. The van der Waals surface area contributed by atoms with E-state index in [1.54, 1.807) is 0 Å². The van der Waals surface area contributed by atoms with Crippen molar-refractivity contribution < 1.29 is 22.8 Å². The third kappa shape index (κ3) is 3.28. The number of rotatable bonds is 6. The summed E-state index contributed by atoms with van der Waals surface area (Å²) in [6, 6.07) is 0. The summed E-state index contributed by atoms with van der Waals surface area (Å²) >= 11 is 0. The number of hydrogen-bond donors (Lipinski definition) is 2. The van der Waals surface area contributed by atoms with Gasteiger partial charge in [0, 0.05) is 13.0 Å². The second kappa shape index (κ2) is 5.03. The molecule has 1 aromatic rings. The molecule has 0 aromatic carbocycles. The van der Waals surface area contributed by atoms with Crippen molar-refractivity contribution in [2.24, 2.45) is 0 Å². The van der Waals surface area contributed by atoms with E-state index in [0.29, 0.717) is 0 Å². The number of carboxylic acid groups (broad SMARTS) is 1. The van der Waals surface area contributed by atoms with Crippen molar-refractivity contribution in [3.8, 4) is 0 Å². The lowest BCUT2D eigenvalue weighted by molar-refractivity contribution is -0.136. The molecule has 0 radical (unpaired) electrons. The molecule has 0 saturated carbocycles. The summed E-state index contributed by atoms with van der Waals surface area (Å²) in [5.74, 6) is -1.11. The number of aliphatic carboxylic acids is 1. The van der Waals surface area contributed by atoms with E-state index >= 15 is 0 Å². The van der Waals surface area contributed by atoms with Gasteiger partial charge in [-0.05, 0) is 6.92 Å². The molecular weight excluding hydrogens is 238 g/mol. The van der Waals surface area contributed by atoms with E-state index < -0.39 is 21.2 Å². The molecule has 8 nitrogen and oxygen atoms in total. The molecule has 1 heterocycles. The van der Waals surface area contributed by atoms with Crippen LogP contribution in [0.4, 0.5) is 0 Å². The molecule has 0 aliphatic heterocycles. The van der Waals surface area contributed by atoms with E-state index in [9.17, 15) is 13.2 Å². The van der Waals surface area contributed by atoms with Crippen molar-refractivity contribution in [3.63, 3.8) is 0 Å². The van der Waals surface area contributed by atoms with Crippen LogP contribution >= 0.6 is 0 Å². The monoisotopic (exact) mass is 249 g/mol. The van der Waals surface area contributed by atoms with Crippen LogP contribution in [0.2, 0.25) is 0 Å². The Labute approximate surface area is 91.7 Å². The zero-order valence-electron chi connectivity index (χ0n) is 8.45. The lowest BCUT2D eigenvalue weighted by Gasteiger charge is -2.08. The number of carboxylic acids is 1.